The van der Waals surface area contributed by atoms with Crippen LogP contribution in [-0.4, -0.2) is 88.9 Å². The fourth-order valence-corrected chi connectivity index (χ4v) is 3.25. The quantitative estimate of drug-likeness (QED) is 0.311. The Hall–Kier alpha value is -4.59. The van der Waals surface area contributed by atoms with E-state index >= 15 is 0 Å². The summed E-state index contributed by atoms with van der Waals surface area (Å²) < 4.78 is 1.94. The van der Waals surface area contributed by atoms with E-state index in [0.29, 0.717) is 18.4 Å². The predicted octanol–water partition coefficient (Wildman–Crippen LogP) is 0.187. The van der Waals surface area contributed by atoms with Gasteiger partial charge in [0.1, 0.15) is 5.52 Å². The fraction of sp³-hybridized carbons (Fsp3) is 0.286. The number of aromatic nitrogens is 4. The molecule has 14 heteroatoms. The Morgan fingerprint density at radius 1 is 0.971 bits per heavy atom. The highest BCUT2D eigenvalue weighted by molar-refractivity contribution is 6.27. The first-order chi connectivity index (χ1) is 16.5. The molecule has 1 saturated heterocycles. The van der Waals surface area contributed by atoms with Gasteiger partial charge in [0, 0.05) is 24.4 Å². The van der Waals surface area contributed by atoms with Crippen LogP contribution in [0.2, 0.25) is 0 Å². The number of nitrogens with two attached hydrogens (primary N) is 1. The molecule has 3 aromatic rings. The summed E-state index contributed by atoms with van der Waals surface area (Å²) in [7, 11) is 2.15. The Morgan fingerprint density at radius 3 is 2.09 bits per heavy atom. The van der Waals surface area contributed by atoms with Crippen LogP contribution in [0.3, 0.4) is 0 Å². The van der Waals surface area contributed by atoms with Gasteiger partial charge in [-0.05, 0) is 44.3 Å². The second kappa shape index (κ2) is 12.0. The van der Waals surface area contributed by atoms with Gasteiger partial charge >= 0.3 is 23.9 Å². The number of anilines is 1. The van der Waals surface area contributed by atoms with Gasteiger partial charge in [0.2, 0.25) is 5.95 Å². The summed E-state index contributed by atoms with van der Waals surface area (Å²) in [4.78, 5) is 52.4. The minimum atomic E-state index is -1.82. The molecule has 35 heavy (non-hydrogen) atoms. The van der Waals surface area contributed by atoms with Crippen molar-refractivity contribution in [3.63, 3.8) is 0 Å². The molecular formula is C21H24N6O8. The lowest BCUT2D eigenvalue weighted by atomic mass is 10.0. The van der Waals surface area contributed by atoms with Gasteiger partial charge in [-0.15, -0.1) is 0 Å². The Morgan fingerprint density at radius 2 is 1.60 bits per heavy atom. The van der Waals surface area contributed by atoms with Gasteiger partial charge in [0.05, 0.1) is 12.2 Å². The van der Waals surface area contributed by atoms with Crippen molar-refractivity contribution < 1.29 is 39.6 Å². The molecule has 6 N–H and O–H groups in total. The summed E-state index contributed by atoms with van der Waals surface area (Å²) in [5.74, 6) is -6.32. The number of fused-ring (bicyclic) bond motifs is 1. The maximum Gasteiger partial charge on any atom is 0.414 e. The fourth-order valence-electron chi connectivity index (χ4n) is 3.25. The maximum absolute atomic E-state index is 9.10. The van der Waals surface area contributed by atoms with Crippen LogP contribution >= 0.6 is 0 Å². The number of carboxylic acid groups (broad SMARTS) is 4. The number of likely N-dealkylation sites (N-methyl/N-ethyl adjacent to an activating group) is 1. The minimum absolute atomic E-state index is 0.485. The largest absolute Gasteiger partial charge is 0.473 e. The number of nitrogens with zero attached hydrogens (tertiary/aromatic N) is 5. The van der Waals surface area contributed by atoms with Gasteiger partial charge in [-0.2, -0.15) is 0 Å². The number of carbonyl (C=O) groups is 4. The van der Waals surface area contributed by atoms with Crippen LogP contribution in [0.15, 0.2) is 36.5 Å². The SMILES string of the molecule is CN1CCC(c2ccc3nc(N)n(Cc4ccccn4)c3n2)C1.O=C(O)C(=O)O.O=C(O)C(=O)O. The number of hydrogen-bond donors (Lipinski definition) is 5. The zero-order chi connectivity index (χ0) is 26.1. The topological polar surface area (TPSA) is 222 Å². The molecular weight excluding hydrogens is 464 g/mol. The monoisotopic (exact) mass is 488 g/mol. The second-order valence-electron chi connectivity index (χ2n) is 7.42. The molecule has 0 bridgehead atoms. The molecule has 1 fully saturated rings. The van der Waals surface area contributed by atoms with Gasteiger partial charge in [0.25, 0.3) is 0 Å². The molecule has 1 atom stereocenters. The molecule has 0 spiro atoms. The molecule has 4 rings (SSSR count). The van der Waals surface area contributed by atoms with E-state index in [2.05, 4.69) is 28.0 Å². The van der Waals surface area contributed by atoms with Crippen molar-refractivity contribution in [3.05, 3.63) is 47.9 Å². The number of imidazole rings is 1. The molecule has 4 heterocycles. The average molecular weight is 488 g/mol. The van der Waals surface area contributed by atoms with E-state index < -0.39 is 23.9 Å². The number of likely N-dealkylation sites (tertiary alicyclic amines) is 1. The zero-order valence-electron chi connectivity index (χ0n) is 18.6. The van der Waals surface area contributed by atoms with Crippen molar-refractivity contribution in [2.45, 2.75) is 18.9 Å². The van der Waals surface area contributed by atoms with E-state index in [1.165, 1.54) is 0 Å². The molecule has 0 saturated carbocycles. The number of carboxylic acids is 4. The predicted molar refractivity (Wildman–Crippen MR) is 121 cm³/mol. The van der Waals surface area contributed by atoms with Crippen LogP contribution < -0.4 is 5.73 Å². The number of pyridine rings is 2. The van der Waals surface area contributed by atoms with Gasteiger partial charge in [0.15, 0.2) is 5.65 Å². The minimum Gasteiger partial charge on any atom is -0.473 e. The maximum atomic E-state index is 9.10. The van der Waals surface area contributed by atoms with Gasteiger partial charge in [-0.3, -0.25) is 9.55 Å². The van der Waals surface area contributed by atoms with Gasteiger partial charge in [-0.1, -0.05) is 6.07 Å². The molecule has 14 nitrogen and oxygen atoms in total. The van der Waals surface area contributed by atoms with Crippen LogP contribution in [0.5, 0.6) is 0 Å². The van der Waals surface area contributed by atoms with E-state index in [-0.39, 0.29) is 0 Å². The Kier molecular flexibility index (Phi) is 9.17. The summed E-state index contributed by atoms with van der Waals surface area (Å²) in [6.45, 7) is 2.77. The molecule has 186 valence electrons. The van der Waals surface area contributed by atoms with E-state index in [0.717, 1.165) is 42.1 Å². The molecule has 1 aliphatic rings. The summed E-state index contributed by atoms with van der Waals surface area (Å²) in [6, 6.07) is 9.99. The molecule has 3 aromatic heterocycles. The van der Waals surface area contributed by atoms with Crippen molar-refractivity contribution in [1.82, 2.24) is 24.4 Å². The summed E-state index contributed by atoms with van der Waals surface area (Å²) in [5.41, 5.74) is 9.87. The van der Waals surface area contributed by atoms with Gasteiger partial charge < -0.3 is 31.1 Å². The Bertz CT molecular complexity index is 1170. The first-order valence-corrected chi connectivity index (χ1v) is 10.1. The summed E-state index contributed by atoms with van der Waals surface area (Å²) in [6.07, 6.45) is 2.94. The van der Waals surface area contributed by atoms with Gasteiger partial charge in [-0.25, -0.2) is 29.1 Å². The molecule has 0 radical (unpaired) electrons. The second-order valence-corrected chi connectivity index (χ2v) is 7.42. The van der Waals surface area contributed by atoms with Crippen molar-refractivity contribution in [2.75, 3.05) is 25.9 Å². The van der Waals surface area contributed by atoms with Crippen LogP contribution in [0.25, 0.3) is 11.2 Å². The lowest BCUT2D eigenvalue weighted by molar-refractivity contribution is -0.159. The highest BCUT2D eigenvalue weighted by Crippen LogP contribution is 2.27. The van der Waals surface area contributed by atoms with Crippen LogP contribution in [0, 0.1) is 0 Å². The van der Waals surface area contributed by atoms with Crippen molar-refractivity contribution in [1.29, 1.82) is 0 Å². The first kappa shape index (κ1) is 26.7. The molecule has 0 amide bonds. The Labute approximate surface area is 198 Å². The lowest BCUT2D eigenvalue weighted by Gasteiger charge is -2.11. The van der Waals surface area contributed by atoms with E-state index in [1.807, 2.05) is 28.8 Å². The third kappa shape index (κ3) is 7.75. The number of nitrogen functional groups attached to an aromatic ring is 1. The summed E-state index contributed by atoms with van der Waals surface area (Å²) in [5, 5.41) is 29.6. The normalized spacial score (nSPS) is 14.8. The first-order valence-electron chi connectivity index (χ1n) is 10.1. The molecule has 0 aliphatic carbocycles. The molecule has 1 aliphatic heterocycles. The third-order valence-corrected chi connectivity index (χ3v) is 4.87. The molecule has 0 aromatic carbocycles. The van der Waals surface area contributed by atoms with E-state index in [4.69, 9.17) is 50.3 Å². The number of rotatable bonds is 3. The van der Waals surface area contributed by atoms with Crippen LogP contribution in [-0.2, 0) is 25.7 Å². The van der Waals surface area contributed by atoms with E-state index in [1.54, 1.807) is 6.20 Å². The van der Waals surface area contributed by atoms with E-state index in [9.17, 15) is 0 Å². The highest BCUT2D eigenvalue weighted by atomic mass is 16.4. The number of hydrogen-bond acceptors (Lipinski definition) is 9. The standard InChI is InChI=1S/C17H20N6.2C2H2O4/c1-22-9-7-12(10-22)14-5-6-15-16(20-14)23(17(18)21-15)11-13-4-2-3-8-19-13;2*3-1(4)2(5)6/h2-6,8,12H,7,9-11H2,1H3,(H2,18,21);2*(H,3,4)(H,5,6). The van der Waals surface area contributed by atoms with Crippen molar-refractivity contribution in [3.8, 4) is 0 Å². The molecule has 1 unspecified atom stereocenters. The van der Waals surface area contributed by atoms with Crippen molar-refractivity contribution in [2.24, 2.45) is 0 Å². The average Bonchev–Trinajstić information content (AvgIpc) is 3.38. The smallest absolute Gasteiger partial charge is 0.414 e. The third-order valence-electron chi connectivity index (χ3n) is 4.87. The summed E-state index contributed by atoms with van der Waals surface area (Å²) >= 11 is 0. The zero-order valence-corrected chi connectivity index (χ0v) is 18.6. The highest BCUT2D eigenvalue weighted by Gasteiger charge is 2.23. The number of aliphatic carboxylic acids is 4. The Balaban J connectivity index is 0.000000301. The van der Waals surface area contributed by atoms with Crippen LogP contribution in [0.4, 0.5) is 5.95 Å². The van der Waals surface area contributed by atoms with Crippen molar-refractivity contribution >= 4 is 41.0 Å². The van der Waals surface area contributed by atoms with Crippen LogP contribution in [0.1, 0.15) is 23.7 Å². The lowest BCUT2D eigenvalue weighted by Crippen LogP contribution is -2.14.